The minimum Gasteiger partial charge on any atom is -0.398 e. The smallest absolute Gasteiger partial charge is 0.296 e. The van der Waals surface area contributed by atoms with Gasteiger partial charge in [-0.25, -0.2) is 12.7 Å². The third-order valence-corrected chi connectivity index (χ3v) is 6.97. The molecule has 0 saturated carbocycles. The summed E-state index contributed by atoms with van der Waals surface area (Å²) in [5.41, 5.74) is 5.85. The Balaban J connectivity index is 2.30. The van der Waals surface area contributed by atoms with Crippen LogP contribution in [0.15, 0.2) is 82.6 Å². The summed E-state index contributed by atoms with van der Waals surface area (Å²) >= 11 is 6.09. The fourth-order valence-electron chi connectivity index (χ4n) is 2.62. The van der Waals surface area contributed by atoms with E-state index in [9.17, 15) is 21.4 Å². The summed E-state index contributed by atoms with van der Waals surface area (Å²) in [6, 6.07) is 18.2. The summed E-state index contributed by atoms with van der Waals surface area (Å²) in [7, 11) is -9.12. The van der Waals surface area contributed by atoms with Crippen molar-refractivity contribution in [2.24, 2.45) is 0 Å². The van der Waals surface area contributed by atoms with Gasteiger partial charge in [0.2, 0.25) is 0 Å². The molecule has 28 heavy (non-hydrogen) atoms. The molecule has 146 valence electrons. The van der Waals surface area contributed by atoms with Crippen LogP contribution in [0.1, 0.15) is 0 Å². The Labute approximate surface area is 167 Å². The first-order chi connectivity index (χ1) is 13.1. The van der Waals surface area contributed by atoms with Gasteiger partial charge in [0.1, 0.15) is 9.79 Å². The molecule has 3 aromatic carbocycles. The molecule has 3 N–H and O–H groups in total. The van der Waals surface area contributed by atoms with Crippen LogP contribution in [0.25, 0.3) is 0 Å². The maximum absolute atomic E-state index is 13.5. The maximum atomic E-state index is 13.5. The molecular formula is C18H15ClN2O5S2. The Morgan fingerprint density at radius 1 is 0.786 bits per heavy atom. The monoisotopic (exact) mass is 438 g/mol. The summed E-state index contributed by atoms with van der Waals surface area (Å²) in [6.07, 6.45) is 0. The summed E-state index contributed by atoms with van der Waals surface area (Å²) in [4.78, 5) is -1.25. The molecule has 0 heterocycles. The quantitative estimate of drug-likeness (QED) is 0.463. The van der Waals surface area contributed by atoms with Crippen LogP contribution in [0.2, 0.25) is 5.02 Å². The average Bonchev–Trinajstić information content (AvgIpc) is 2.62. The van der Waals surface area contributed by atoms with E-state index in [1.807, 2.05) is 0 Å². The second kappa shape index (κ2) is 7.44. The highest BCUT2D eigenvalue weighted by atomic mass is 35.5. The minimum atomic E-state index is -4.75. The first kappa shape index (κ1) is 20.2. The Hall–Kier alpha value is -2.59. The molecule has 0 aromatic heterocycles. The van der Waals surface area contributed by atoms with E-state index in [1.165, 1.54) is 0 Å². The number of benzene rings is 3. The second-order valence-electron chi connectivity index (χ2n) is 5.74. The lowest BCUT2D eigenvalue weighted by Gasteiger charge is -2.25. The zero-order valence-electron chi connectivity index (χ0n) is 14.2. The lowest BCUT2D eigenvalue weighted by Crippen LogP contribution is -2.27. The standard InChI is InChI=1S/C18H15ClN2O5S2/c19-15-11-16(20)18(28(24,25)26)12-17(15)27(22,23)21(13-7-3-1-4-8-13)14-9-5-2-6-10-14/h1-12H,20H2,(H,24,25,26). The molecule has 0 amide bonds. The van der Waals surface area contributed by atoms with E-state index in [0.717, 1.165) is 16.4 Å². The minimum absolute atomic E-state index is 0.276. The molecule has 7 nitrogen and oxygen atoms in total. The zero-order valence-corrected chi connectivity index (χ0v) is 16.6. The number of para-hydroxylation sites is 2. The van der Waals surface area contributed by atoms with Gasteiger partial charge in [0, 0.05) is 0 Å². The SMILES string of the molecule is Nc1cc(Cl)c(S(=O)(=O)N(c2ccccc2)c2ccccc2)cc1S(=O)(=O)O. The number of nitrogens with zero attached hydrogens (tertiary/aromatic N) is 1. The van der Waals surface area contributed by atoms with E-state index in [-0.39, 0.29) is 10.7 Å². The van der Waals surface area contributed by atoms with Crippen molar-refractivity contribution in [3.05, 3.63) is 77.8 Å². The predicted molar refractivity (Wildman–Crippen MR) is 108 cm³/mol. The Bertz CT molecular complexity index is 1180. The van der Waals surface area contributed by atoms with Crippen LogP contribution in [0, 0.1) is 0 Å². The molecule has 0 atom stereocenters. The van der Waals surface area contributed by atoms with Crippen molar-refractivity contribution in [1.82, 2.24) is 0 Å². The second-order valence-corrected chi connectivity index (χ2v) is 9.29. The molecule has 0 saturated heterocycles. The van der Waals surface area contributed by atoms with Gasteiger partial charge < -0.3 is 5.73 Å². The lowest BCUT2D eigenvalue weighted by molar-refractivity contribution is 0.483. The summed E-state index contributed by atoms with van der Waals surface area (Å²) in [6.45, 7) is 0. The molecule has 0 aliphatic rings. The van der Waals surface area contributed by atoms with Gasteiger partial charge in [-0.15, -0.1) is 0 Å². The largest absolute Gasteiger partial charge is 0.398 e. The van der Waals surface area contributed by atoms with Crippen LogP contribution in [0.3, 0.4) is 0 Å². The van der Waals surface area contributed by atoms with Gasteiger partial charge in [0.15, 0.2) is 0 Å². The van der Waals surface area contributed by atoms with E-state index in [2.05, 4.69) is 0 Å². The third-order valence-electron chi connectivity index (χ3n) is 3.84. The molecule has 0 radical (unpaired) electrons. The highest BCUT2D eigenvalue weighted by Crippen LogP contribution is 2.37. The van der Waals surface area contributed by atoms with Gasteiger partial charge in [0.25, 0.3) is 20.1 Å². The van der Waals surface area contributed by atoms with Crippen LogP contribution in [0.4, 0.5) is 17.1 Å². The topological polar surface area (TPSA) is 118 Å². The highest BCUT2D eigenvalue weighted by Gasteiger charge is 2.31. The molecule has 0 aliphatic heterocycles. The van der Waals surface area contributed by atoms with E-state index in [0.29, 0.717) is 11.4 Å². The first-order valence-electron chi connectivity index (χ1n) is 7.84. The number of sulfonamides is 1. The van der Waals surface area contributed by atoms with Gasteiger partial charge in [-0.2, -0.15) is 8.42 Å². The number of anilines is 3. The van der Waals surface area contributed by atoms with Crippen molar-refractivity contribution in [2.45, 2.75) is 9.79 Å². The number of nitrogen functional groups attached to an aromatic ring is 1. The van der Waals surface area contributed by atoms with E-state index >= 15 is 0 Å². The number of hydrogen-bond acceptors (Lipinski definition) is 5. The van der Waals surface area contributed by atoms with Crippen molar-refractivity contribution >= 4 is 48.8 Å². The number of halogens is 1. The Morgan fingerprint density at radius 2 is 1.25 bits per heavy atom. The predicted octanol–water partition coefficient (Wildman–Crippen LogP) is 3.70. The molecule has 3 aromatic rings. The fraction of sp³-hybridized carbons (Fsp3) is 0. The Morgan fingerprint density at radius 3 is 1.68 bits per heavy atom. The van der Waals surface area contributed by atoms with E-state index < -0.39 is 29.9 Å². The van der Waals surface area contributed by atoms with Gasteiger partial charge in [-0.05, 0) is 36.4 Å². The Kier molecular flexibility index (Phi) is 5.35. The molecule has 0 aliphatic carbocycles. The van der Waals surface area contributed by atoms with Gasteiger partial charge in [0.05, 0.1) is 22.1 Å². The van der Waals surface area contributed by atoms with E-state index in [4.69, 9.17) is 17.3 Å². The van der Waals surface area contributed by atoms with Crippen LogP contribution in [0.5, 0.6) is 0 Å². The van der Waals surface area contributed by atoms with Gasteiger partial charge in [-0.3, -0.25) is 4.55 Å². The van der Waals surface area contributed by atoms with Crippen molar-refractivity contribution < 1.29 is 21.4 Å². The van der Waals surface area contributed by atoms with Crippen LogP contribution in [-0.2, 0) is 20.1 Å². The third kappa shape index (κ3) is 3.83. The van der Waals surface area contributed by atoms with E-state index in [1.54, 1.807) is 60.7 Å². The molecule has 10 heteroatoms. The fourth-order valence-corrected chi connectivity index (χ4v) is 5.35. The zero-order chi connectivity index (χ0) is 20.5. The molecule has 0 spiro atoms. The molecule has 0 unspecified atom stereocenters. The van der Waals surface area contributed by atoms with Gasteiger partial charge in [-0.1, -0.05) is 48.0 Å². The summed E-state index contributed by atoms with van der Waals surface area (Å²) in [5.74, 6) is 0. The molecule has 3 rings (SSSR count). The molecule has 0 bridgehead atoms. The summed E-state index contributed by atoms with van der Waals surface area (Å²) < 4.78 is 60.5. The van der Waals surface area contributed by atoms with Crippen molar-refractivity contribution in [1.29, 1.82) is 0 Å². The number of nitrogens with two attached hydrogens (primary N) is 1. The first-order valence-corrected chi connectivity index (χ1v) is 11.1. The lowest BCUT2D eigenvalue weighted by atomic mass is 10.3. The van der Waals surface area contributed by atoms with Crippen molar-refractivity contribution in [3.8, 4) is 0 Å². The normalized spacial score (nSPS) is 11.9. The number of rotatable bonds is 5. The summed E-state index contributed by atoms with van der Waals surface area (Å²) in [5, 5.41) is -0.276. The molecular weight excluding hydrogens is 424 g/mol. The average molecular weight is 439 g/mol. The van der Waals surface area contributed by atoms with Crippen LogP contribution >= 0.6 is 11.6 Å². The van der Waals surface area contributed by atoms with Gasteiger partial charge >= 0.3 is 0 Å². The molecule has 0 fully saturated rings. The van der Waals surface area contributed by atoms with Crippen molar-refractivity contribution in [2.75, 3.05) is 10.0 Å². The van der Waals surface area contributed by atoms with Crippen LogP contribution < -0.4 is 10.0 Å². The number of hydrogen-bond donors (Lipinski definition) is 2. The highest BCUT2D eigenvalue weighted by molar-refractivity contribution is 7.93. The van der Waals surface area contributed by atoms with Crippen LogP contribution in [-0.4, -0.2) is 21.4 Å². The van der Waals surface area contributed by atoms with Crippen molar-refractivity contribution in [3.63, 3.8) is 0 Å². The maximum Gasteiger partial charge on any atom is 0.296 e.